The standard InChI is InChI=1S/C15H12N2O3/c18-14(19)11-7-4-8-12-13(11)20-15(17-12)16-9-10-5-2-1-3-6-10/h1-8H,9H2,(H,16,17)(H,18,19). The van der Waals surface area contributed by atoms with Crippen LogP contribution in [0.25, 0.3) is 11.1 Å². The van der Waals surface area contributed by atoms with Gasteiger partial charge in [0.05, 0.1) is 0 Å². The Morgan fingerprint density at radius 3 is 2.70 bits per heavy atom. The number of aromatic carboxylic acids is 1. The second-order valence-corrected chi connectivity index (χ2v) is 4.32. The molecule has 0 saturated carbocycles. The third-order valence-corrected chi connectivity index (χ3v) is 2.93. The molecule has 0 atom stereocenters. The maximum atomic E-state index is 11.1. The number of para-hydroxylation sites is 1. The number of carboxylic acid groups (broad SMARTS) is 1. The molecule has 2 aromatic carbocycles. The van der Waals surface area contributed by atoms with Gasteiger partial charge in [0, 0.05) is 6.54 Å². The van der Waals surface area contributed by atoms with E-state index >= 15 is 0 Å². The van der Waals surface area contributed by atoms with Crippen molar-refractivity contribution in [2.24, 2.45) is 0 Å². The van der Waals surface area contributed by atoms with Crippen LogP contribution < -0.4 is 5.32 Å². The Balaban J connectivity index is 1.86. The number of aromatic nitrogens is 1. The molecule has 0 saturated heterocycles. The van der Waals surface area contributed by atoms with Crippen LogP contribution in [-0.2, 0) is 6.54 Å². The van der Waals surface area contributed by atoms with Crippen molar-refractivity contribution in [2.75, 3.05) is 5.32 Å². The van der Waals surface area contributed by atoms with Gasteiger partial charge >= 0.3 is 5.97 Å². The molecular formula is C15H12N2O3. The Morgan fingerprint density at radius 1 is 1.15 bits per heavy atom. The lowest BCUT2D eigenvalue weighted by Crippen LogP contribution is -1.98. The number of anilines is 1. The van der Waals surface area contributed by atoms with Gasteiger partial charge in [-0.2, -0.15) is 4.98 Å². The van der Waals surface area contributed by atoms with Crippen LogP contribution in [0.5, 0.6) is 0 Å². The lowest BCUT2D eigenvalue weighted by Gasteiger charge is -2.00. The van der Waals surface area contributed by atoms with Crippen LogP contribution >= 0.6 is 0 Å². The van der Waals surface area contributed by atoms with Gasteiger partial charge in [-0.15, -0.1) is 0 Å². The van der Waals surface area contributed by atoms with Crippen molar-refractivity contribution in [3.05, 3.63) is 59.7 Å². The first-order valence-corrected chi connectivity index (χ1v) is 6.15. The third-order valence-electron chi connectivity index (χ3n) is 2.93. The van der Waals surface area contributed by atoms with E-state index in [-0.39, 0.29) is 11.1 Å². The van der Waals surface area contributed by atoms with Crippen LogP contribution in [0, 0.1) is 0 Å². The van der Waals surface area contributed by atoms with E-state index in [1.807, 2.05) is 30.3 Å². The molecule has 2 N–H and O–H groups in total. The van der Waals surface area contributed by atoms with Crippen molar-refractivity contribution in [3.63, 3.8) is 0 Å². The number of hydrogen-bond acceptors (Lipinski definition) is 4. The summed E-state index contributed by atoms with van der Waals surface area (Å²) in [7, 11) is 0. The number of oxazole rings is 1. The quantitative estimate of drug-likeness (QED) is 0.760. The maximum absolute atomic E-state index is 11.1. The fourth-order valence-electron chi connectivity index (χ4n) is 1.97. The van der Waals surface area contributed by atoms with Gasteiger partial charge in [-0.05, 0) is 17.7 Å². The van der Waals surface area contributed by atoms with E-state index in [9.17, 15) is 4.79 Å². The molecule has 100 valence electrons. The molecule has 1 heterocycles. The highest BCUT2D eigenvalue weighted by molar-refractivity contribution is 6.00. The Bertz CT molecular complexity index is 750. The summed E-state index contributed by atoms with van der Waals surface area (Å²) >= 11 is 0. The Labute approximate surface area is 114 Å². The van der Waals surface area contributed by atoms with E-state index in [1.165, 1.54) is 6.07 Å². The molecule has 0 aliphatic heterocycles. The van der Waals surface area contributed by atoms with Crippen LogP contribution in [-0.4, -0.2) is 16.1 Å². The van der Waals surface area contributed by atoms with Gasteiger partial charge in [0.1, 0.15) is 11.1 Å². The van der Waals surface area contributed by atoms with Crippen LogP contribution in [0.4, 0.5) is 6.01 Å². The summed E-state index contributed by atoms with van der Waals surface area (Å²) in [4.78, 5) is 15.3. The van der Waals surface area contributed by atoms with Gasteiger partial charge in [-0.1, -0.05) is 36.4 Å². The fraction of sp³-hybridized carbons (Fsp3) is 0.0667. The molecule has 1 aromatic heterocycles. The summed E-state index contributed by atoms with van der Waals surface area (Å²) < 4.78 is 5.48. The van der Waals surface area contributed by atoms with Crippen molar-refractivity contribution < 1.29 is 14.3 Å². The highest BCUT2D eigenvalue weighted by Crippen LogP contribution is 2.23. The average Bonchev–Trinajstić information content (AvgIpc) is 2.88. The molecule has 5 nitrogen and oxygen atoms in total. The number of nitrogens with zero attached hydrogens (tertiary/aromatic N) is 1. The Hall–Kier alpha value is -2.82. The molecule has 0 aliphatic carbocycles. The number of rotatable bonds is 4. The summed E-state index contributed by atoms with van der Waals surface area (Å²) in [6.07, 6.45) is 0. The number of carbonyl (C=O) groups is 1. The molecule has 0 fully saturated rings. The molecule has 5 heteroatoms. The molecule has 0 bridgehead atoms. The first-order chi connectivity index (χ1) is 9.74. The SMILES string of the molecule is O=C(O)c1cccc2nc(NCc3ccccc3)oc12. The van der Waals surface area contributed by atoms with Crippen LogP contribution in [0.3, 0.4) is 0 Å². The first-order valence-electron chi connectivity index (χ1n) is 6.15. The molecule has 0 amide bonds. The van der Waals surface area contributed by atoms with E-state index in [4.69, 9.17) is 9.52 Å². The molecule has 0 spiro atoms. The van der Waals surface area contributed by atoms with Crippen molar-refractivity contribution in [1.82, 2.24) is 4.98 Å². The van der Waals surface area contributed by atoms with E-state index in [0.29, 0.717) is 18.1 Å². The minimum absolute atomic E-state index is 0.114. The van der Waals surface area contributed by atoms with Crippen molar-refractivity contribution in [2.45, 2.75) is 6.54 Å². The molecule has 3 rings (SSSR count). The van der Waals surface area contributed by atoms with E-state index < -0.39 is 5.97 Å². The molecular weight excluding hydrogens is 256 g/mol. The predicted octanol–water partition coefficient (Wildman–Crippen LogP) is 3.14. The first kappa shape index (κ1) is 12.2. The summed E-state index contributed by atoms with van der Waals surface area (Å²) in [6.45, 7) is 0.566. The number of hydrogen-bond donors (Lipinski definition) is 2. The summed E-state index contributed by atoms with van der Waals surface area (Å²) in [5.74, 6) is -1.03. The second kappa shape index (κ2) is 5.05. The lowest BCUT2D eigenvalue weighted by atomic mass is 10.2. The van der Waals surface area contributed by atoms with Gasteiger partial charge < -0.3 is 14.8 Å². The third kappa shape index (κ3) is 2.33. The van der Waals surface area contributed by atoms with Gasteiger partial charge in [0.2, 0.25) is 0 Å². The topological polar surface area (TPSA) is 75.4 Å². The molecule has 0 radical (unpaired) electrons. The molecule has 3 aromatic rings. The minimum atomic E-state index is -1.03. The van der Waals surface area contributed by atoms with Gasteiger partial charge in [0.25, 0.3) is 6.01 Å². The van der Waals surface area contributed by atoms with Crippen molar-refractivity contribution in [3.8, 4) is 0 Å². The zero-order valence-electron chi connectivity index (χ0n) is 10.5. The van der Waals surface area contributed by atoms with Gasteiger partial charge in [-0.3, -0.25) is 0 Å². The largest absolute Gasteiger partial charge is 0.478 e. The van der Waals surface area contributed by atoms with Crippen LogP contribution in [0.15, 0.2) is 52.9 Å². The van der Waals surface area contributed by atoms with Crippen LogP contribution in [0.2, 0.25) is 0 Å². The highest BCUT2D eigenvalue weighted by Gasteiger charge is 2.14. The van der Waals surface area contributed by atoms with E-state index in [0.717, 1.165) is 5.56 Å². The number of nitrogens with one attached hydrogen (secondary N) is 1. The monoisotopic (exact) mass is 268 g/mol. The van der Waals surface area contributed by atoms with Crippen molar-refractivity contribution >= 4 is 23.1 Å². The maximum Gasteiger partial charge on any atom is 0.339 e. The predicted molar refractivity (Wildman–Crippen MR) is 74.7 cm³/mol. The second-order valence-electron chi connectivity index (χ2n) is 4.32. The van der Waals surface area contributed by atoms with Crippen molar-refractivity contribution in [1.29, 1.82) is 0 Å². The normalized spacial score (nSPS) is 10.6. The number of fused-ring (bicyclic) bond motifs is 1. The summed E-state index contributed by atoms with van der Waals surface area (Å²) in [6, 6.07) is 15.0. The average molecular weight is 268 g/mol. The minimum Gasteiger partial charge on any atom is -0.478 e. The Kier molecular flexibility index (Phi) is 3.09. The van der Waals surface area contributed by atoms with E-state index in [1.54, 1.807) is 12.1 Å². The lowest BCUT2D eigenvalue weighted by molar-refractivity contribution is 0.0698. The Morgan fingerprint density at radius 2 is 1.95 bits per heavy atom. The zero-order chi connectivity index (χ0) is 13.9. The van der Waals surface area contributed by atoms with Gasteiger partial charge in [0.15, 0.2) is 5.58 Å². The molecule has 0 aliphatic rings. The van der Waals surface area contributed by atoms with Gasteiger partial charge in [-0.25, -0.2) is 4.79 Å². The van der Waals surface area contributed by atoms with Crippen LogP contribution in [0.1, 0.15) is 15.9 Å². The van der Waals surface area contributed by atoms with E-state index in [2.05, 4.69) is 10.3 Å². The molecule has 20 heavy (non-hydrogen) atoms. The molecule has 0 unspecified atom stereocenters. The number of carboxylic acids is 1. The number of benzene rings is 2. The smallest absolute Gasteiger partial charge is 0.339 e. The zero-order valence-corrected chi connectivity index (χ0v) is 10.5. The fourth-order valence-corrected chi connectivity index (χ4v) is 1.97. The highest BCUT2D eigenvalue weighted by atomic mass is 16.4. The summed E-state index contributed by atoms with van der Waals surface area (Å²) in [5.41, 5.74) is 2.02. The summed E-state index contributed by atoms with van der Waals surface area (Å²) in [5, 5.41) is 12.1.